The Morgan fingerprint density at radius 3 is 0.558 bits per heavy atom. The van der Waals surface area contributed by atoms with Crippen molar-refractivity contribution in [1.29, 1.82) is 0 Å². The second kappa shape index (κ2) is 15.4. The summed E-state index contributed by atoms with van der Waals surface area (Å²) in [5.74, 6) is 0. The van der Waals surface area contributed by atoms with Gasteiger partial charge in [-0.2, -0.15) is 0 Å². The summed E-state index contributed by atoms with van der Waals surface area (Å²) in [5.41, 5.74) is 25.6. The molecule has 0 atom stereocenters. The van der Waals surface area contributed by atoms with Gasteiger partial charge >= 0.3 is 321 Å². The van der Waals surface area contributed by atoms with Gasteiger partial charge in [0.05, 0.1) is 0 Å². The normalized spacial score (nSPS) is 11.8. The number of rotatable bonds is 9. The molecule has 0 radical (unpaired) electrons. The van der Waals surface area contributed by atoms with Crippen LogP contribution in [0.2, 0.25) is 0 Å². The summed E-state index contributed by atoms with van der Waals surface area (Å²) in [6.45, 7) is 28.1. The quantitative estimate of drug-likeness (QED) is 0.139. The average Bonchev–Trinajstić information content (AvgIpc) is 3.12. The summed E-state index contributed by atoms with van der Waals surface area (Å²) in [6.07, 6.45) is 0. The minimum absolute atomic E-state index is 0.217. The van der Waals surface area contributed by atoms with Crippen molar-refractivity contribution in [3.63, 3.8) is 0 Å². The maximum atomic E-state index is 2.47. The van der Waals surface area contributed by atoms with Crippen molar-refractivity contribution in [2.45, 2.75) is 97.4 Å². The molecule has 0 N–H and O–H groups in total. The van der Waals surface area contributed by atoms with E-state index >= 15 is 0 Å². The second-order valence-electron chi connectivity index (χ2n) is 15.3. The van der Waals surface area contributed by atoms with Crippen LogP contribution in [0.5, 0.6) is 0 Å². The van der Waals surface area contributed by atoms with Crippen LogP contribution in [-0.2, 0) is 14.1 Å². The number of aryl methyl sites for hydroxylation is 6. The molecule has 0 nitrogen and oxygen atoms in total. The van der Waals surface area contributed by atoms with Crippen LogP contribution < -0.4 is 0 Å². The fourth-order valence-corrected chi connectivity index (χ4v) is 14.6. The first-order valence-corrected chi connectivity index (χ1v) is 21.1. The van der Waals surface area contributed by atoms with Crippen LogP contribution in [0.15, 0.2) is 109 Å². The van der Waals surface area contributed by atoms with Crippen LogP contribution in [-0.4, -0.2) is 0 Å². The Balaban J connectivity index is 1.90. The van der Waals surface area contributed by atoms with Gasteiger partial charge < -0.3 is 0 Å². The monoisotopic (exact) mass is 721 g/mol. The summed E-state index contributed by atoms with van der Waals surface area (Å²) >= 11 is -2.00. The summed E-state index contributed by atoms with van der Waals surface area (Å²) in [4.78, 5) is 0. The Kier molecular flexibility index (Phi) is 11.2. The van der Waals surface area contributed by atoms with Crippen LogP contribution in [0.1, 0.15) is 114 Å². The molecule has 6 rings (SSSR count). The van der Waals surface area contributed by atoms with Crippen LogP contribution in [0.4, 0.5) is 0 Å². The van der Waals surface area contributed by atoms with Crippen molar-refractivity contribution in [3.8, 4) is 0 Å². The van der Waals surface area contributed by atoms with Crippen LogP contribution in [0, 0.1) is 83.1 Å². The zero-order valence-corrected chi connectivity index (χ0v) is 34.8. The summed E-state index contributed by atoms with van der Waals surface area (Å²) in [6, 6.07) is 42.5. The van der Waals surface area contributed by atoms with Gasteiger partial charge in [-0.05, 0) is 0 Å². The van der Waals surface area contributed by atoms with Gasteiger partial charge in [0.1, 0.15) is 0 Å². The molecule has 0 aliphatic heterocycles. The molecule has 0 amide bonds. The van der Waals surface area contributed by atoms with Gasteiger partial charge in [0, 0.05) is 0 Å². The fraction of sp³-hybridized carbons (Fsp3) is 0.294. The van der Waals surface area contributed by atoms with Gasteiger partial charge in [-0.1, -0.05) is 0 Å². The zero-order chi connectivity index (χ0) is 37.4. The molecule has 0 saturated carbocycles. The summed E-state index contributed by atoms with van der Waals surface area (Å²) in [7, 11) is 0. The van der Waals surface area contributed by atoms with Gasteiger partial charge in [0.2, 0.25) is 0 Å². The van der Waals surface area contributed by atoms with Gasteiger partial charge in [0.25, 0.3) is 0 Å². The predicted octanol–water partition coefficient (Wildman–Crippen LogP) is 13.7. The Labute approximate surface area is 319 Å². The van der Waals surface area contributed by atoms with Crippen molar-refractivity contribution in [3.05, 3.63) is 209 Å². The molecule has 6 aromatic carbocycles. The Morgan fingerprint density at radius 1 is 0.250 bits per heavy atom. The molecule has 0 fully saturated rings. The molecule has 0 spiro atoms. The standard InChI is InChI=1S/3C17H19.Cr/c3*1-12-7-5-9-16(14(12)3)11-17-10-6-8-13(2)15(17)4;/h3*5-11H,1-4H3;. The molecule has 0 aliphatic rings. The van der Waals surface area contributed by atoms with E-state index in [0.29, 0.717) is 0 Å². The first-order chi connectivity index (χ1) is 24.8. The van der Waals surface area contributed by atoms with Crippen molar-refractivity contribution in [1.82, 2.24) is 0 Å². The van der Waals surface area contributed by atoms with E-state index in [1.165, 1.54) is 100 Å². The van der Waals surface area contributed by atoms with Gasteiger partial charge in [0.15, 0.2) is 0 Å². The molecule has 0 heterocycles. The van der Waals surface area contributed by atoms with E-state index in [1.807, 2.05) is 0 Å². The molecular weight excluding hydrogens is 665 g/mol. The van der Waals surface area contributed by atoms with Gasteiger partial charge in [-0.15, -0.1) is 0 Å². The van der Waals surface area contributed by atoms with Crippen molar-refractivity contribution in [2.24, 2.45) is 0 Å². The minimum atomic E-state index is -2.00. The van der Waals surface area contributed by atoms with Crippen LogP contribution in [0.25, 0.3) is 0 Å². The van der Waals surface area contributed by atoms with E-state index in [-0.39, 0.29) is 14.3 Å². The third kappa shape index (κ3) is 6.87. The van der Waals surface area contributed by atoms with E-state index in [9.17, 15) is 0 Å². The van der Waals surface area contributed by atoms with E-state index in [0.717, 1.165) is 0 Å². The third-order valence-electron chi connectivity index (χ3n) is 12.4. The predicted molar refractivity (Wildman–Crippen MR) is 221 cm³/mol. The van der Waals surface area contributed by atoms with E-state index in [4.69, 9.17) is 0 Å². The molecular formula is C51H57Cr. The second-order valence-corrected chi connectivity index (χ2v) is 18.8. The topological polar surface area (TPSA) is 0 Å². The zero-order valence-electron chi connectivity index (χ0n) is 33.5. The third-order valence-corrected chi connectivity index (χ3v) is 17.3. The number of hydrogen-bond donors (Lipinski definition) is 0. The van der Waals surface area contributed by atoms with Crippen LogP contribution in [0.3, 0.4) is 0 Å². The molecule has 6 aromatic rings. The van der Waals surface area contributed by atoms with Crippen molar-refractivity contribution < 1.29 is 14.1 Å². The van der Waals surface area contributed by atoms with Gasteiger partial charge in [-0.25, -0.2) is 0 Å². The molecule has 0 aliphatic carbocycles. The van der Waals surface area contributed by atoms with E-state index in [2.05, 4.69) is 192 Å². The molecule has 52 heavy (non-hydrogen) atoms. The Bertz CT molecular complexity index is 1840. The average molecular weight is 722 g/mol. The number of benzene rings is 6. The Morgan fingerprint density at radius 2 is 0.404 bits per heavy atom. The molecule has 0 saturated heterocycles. The number of hydrogen-bond acceptors (Lipinski definition) is 0. The SMILES string of the molecule is Cc1cccc([CH](c2cccc(C)c2C)[Cr]([CH](c2cccc(C)c2C)c2cccc(C)c2C)[CH](c2cccc(C)c2C)c2cccc(C)c2C)c1C. The first kappa shape index (κ1) is 37.6. The van der Waals surface area contributed by atoms with Crippen LogP contribution >= 0.6 is 0 Å². The summed E-state index contributed by atoms with van der Waals surface area (Å²) < 4.78 is 0.651. The van der Waals surface area contributed by atoms with E-state index in [1.54, 1.807) is 0 Å². The van der Waals surface area contributed by atoms with Crippen molar-refractivity contribution >= 4 is 0 Å². The van der Waals surface area contributed by atoms with Gasteiger partial charge in [-0.3, -0.25) is 0 Å². The maximum absolute atomic E-state index is 2.47. The van der Waals surface area contributed by atoms with E-state index < -0.39 is 14.1 Å². The molecule has 0 aromatic heterocycles. The molecule has 0 unspecified atom stereocenters. The fourth-order valence-electron chi connectivity index (χ4n) is 8.14. The first-order valence-electron chi connectivity index (χ1n) is 18.9. The van der Waals surface area contributed by atoms with Crippen molar-refractivity contribution in [2.75, 3.05) is 0 Å². The Hall–Kier alpha value is -4.15. The molecule has 0 bridgehead atoms. The molecule has 267 valence electrons. The molecule has 1 heteroatoms. The summed E-state index contributed by atoms with van der Waals surface area (Å²) in [5, 5.41) is 0.